The average Bonchev–Trinajstić information content (AvgIpc) is 2.80. The highest BCUT2D eigenvalue weighted by Crippen LogP contribution is 2.25. The number of aryl methyl sites for hydroxylation is 2. The predicted molar refractivity (Wildman–Crippen MR) is 144 cm³/mol. The first kappa shape index (κ1) is 26.4. The van der Waals surface area contributed by atoms with E-state index in [4.69, 9.17) is 5.73 Å². The molecule has 34 heavy (non-hydrogen) atoms. The van der Waals surface area contributed by atoms with Gasteiger partial charge in [-0.15, -0.1) is 0 Å². The number of piperidine rings is 1. The highest BCUT2D eigenvalue weighted by Gasteiger charge is 2.25. The largest absolute Gasteiger partial charge is 0.365 e. The van der Waals surface area contributed by atoms with Gasteiger partial charge in [-0.05, 0) is 87.3 Å². The first-order valence-corrected chi connectivity index (χ1v) is 13.0. The van der Waals surface area contributed by atoms with Gasteiger partial charge in [0.25, 0.3) is 0 Å². The SMILES string of the molecule is CC(C)=CCN(c1ccc(CCc2ccc(F)cc2)cc1)C1CCN(C[C@@H](N)CC(C)C)CC1. The molecule has 0 amide bonds. The minimum absolute atomic E-state index is 0.172. The van der Waals surface area contributed by atoms with Crippen molar-refractivity contribution < 1.29 is 4.39 Å². The highest BCUT2D eigenvalue weighted by molar-refractivity contribution is 5.49. The predicted octanol–water partition coefficient (Wildman–Crippen LogP) is 6.22. The van der Waals surface area contributed by atoms with Crippen molar-refractivity contribution in [3.63, 3.8) is 0 Å². The van der Waals surface area contributed by atoms with Gasteiger partial charge in [0.05, 0.1) is 0 Å². The number of hydrogen-bond donors (Lipinski definition) is 1. The molecule has 186 valence electrons. The summed E-state index contributed by atoms with van der Waals surface area (Å²) in [5.74, 6) is 0.486. The fourth-order valence-corrected chi connectivity index (χ4v) is 4.97. The molecule has 1 saturated heterocycles. The zero-order chi connectivity index (χ0) is 24.5. The second-order valence-electron chi connectivity index (χ2n) is 10.6. The van der Waals surface area contributed by atoms with Gasteiger partial charge < -0.3 is 15.5 Å². The Labute approximate surface area is 206 Å². The molecule has 0 radical (unpaired) electrons. The Morgan fingerprint density at radius 3 is 2.09 bits per heavy atom. The molecule has 2 aromatic carbocycles. The maximum atomic E-state index is 13.1. The number of nitrogens with two attached hydrogens (primary N) is 1. The lowest BCUT2D eigenvalue weighted by atomic mass is 9.99. The molecule has 1 atom stereocenters. The molecule has 0 bridgehead atoms. The van der Waals surface area contributed by atoms with E-state index in [0.717, 1.165) is 45.4 Å². The van der Waals surface area contributed by atoms with Crippen molar-refractivity contribution in [1.29, 1.82) is 0 Å². The van der Waals surface area contributed by atoms with Crippen molar-refractivity contribution in [2.24, 2.45) is 11.7 Å². The molecule has 1 heterocycles. The number of benzene rings is 2. The van der Waals surface area contributed by atoms with Crippen LogP contribution in [0.15, 0.2) is 60.2 Å². The van der Waals surface area contributed by atoms with Crippen molar-refractivity contribution in [2.75, 3.05) is 31.1 Å². The van der Waals surface area contributed by atoms with Crippen molar-refractivity contribution in [3.05, 3.63) is 77.1 Å². The second kappa shape index (κ2) is 13.1. The van der Waals surface area contributed by atoms with Gasteiger partial charge in [-0.25, -0.2) is 4.39 Å². The van der Waals surface area contributed by atoms with E-state index >= 15 is 0 Å². The molecule has 3 nitrogen and oxygen atoms in total. The van der Waals surface area contributed by atoms with Gasteiger partial charge in [-0.3, -0.25) is 0 Å². The molecule has 0 aliphatic carbocycles. The first-order chi connectivity index (χ1) is 16.3. The fourth-order valence-electron chi connectivity index (χ4n) is 4.97. The summed E-state index contributed by atoms with van der Waals surface area (Å²) in [6.45, 7) is 13.1. The van der Waals surface area contributed by atoms with E-state index in [1.807, 2.05) is 12.1 Å². The van der Waals surface area contributed by atoms with Crippen molar-refractivity contribution in [1.82, 2.24) is 4.90 Å². The van der Waals surface area contributed by atoms with Crippen LogP contribution in [0.25, 0.3) is 0 Å². The summed E-state index contributed by atoms with van der Waals surface area (Å²) in [7, 11) is 0. The summed E-state index contributed by atoms with van der Waals surface area (Å²) in [6, 6.07) is 16.8. The smallest absolute Gasteiger partial charge is 0.123 e. The molecule has 1 fully saturated rings. The molecule has 2 N–H and O–H groups in total. The van der Waals surface area contributed by atoms with E-state index in [2.05, 4.69) is 67.8 Å². The maximum absolute atomic E-state index is 13.1. The summed E-state index contributed by atoms with van der Waals surface area (Å²) in [5, 5.41) is 0. The summed E-state index contributed by atoms with van der Waals surface area (Å²) >= 11 is 0. The molecular formula is C30H44FN3. The van der Waals surface area contributed by atoms with E-state index in [0.29, 0.717) is 12.0 Å². The topological polar surface area (TPSA) is 32.5 Å². The molecule has 2 aromatic rings. The van der Waals surface area contributed by atoms with Gasteiger partial charge in [0.2, 0.25) is 0 Å². The lowest BCUT2D eigenvalue weighted by Crippen LogP contribution is -2.48. The van der Waals surface area contributed by atoms with Gasteiger partial charge in [-0.2, -0.15) is 0 Å². The lowest BCUT2D eigenvalue weighted by molar-refractivity contribution is 0.193. The molecule has 4 heteroatoms. The molecule has 1 aliphatic rings. The summed E-state index contributed by atoms with van der Waals surface area (Å²) < 4.78 is 13.1. The van der Waals surface area contributed by atoms with E-state index < -0.39 is 0 Å². The quantitative estimate of drug-likeness (QED) is 0.400. The maximum Gasteiger partial charge on any atom is 0.123 e. The van der Waals surface area contributed by atoms with Crippen LogP contribution in [-0.2, 0) is 12.8 Å². The average molecular weight is 466 g/mol. The second-order valence-corrected chi connectivity index (χ2v) is 10.6. The normalized spacial score (nSPS) is 16.0. The summed E-state index contributed by atoms with van der Waals surface area (Å²) in [5.41, 5.74) is 11.5. The molecule has 0 saturated carbocycles. The standard InChI is InChI=1S/C30H44FN3/c1-23(2)15-20-34(30-16-18-33(19-17-30)22-28(32)21-24(3)4)29-13-9-26(10-14-29)6-5-25-7-11-27(31)12-8-25/h7-15,24,28,30H,5-6,16-22,32H2,1-4H3/t28-/m0/s1. The van der Waals surface area contributed by atoms with Gasteiger partial charge in [0, 0.05) is 44.0 Å². The Balaban J connectivity index is 1.59. The number of hydrogen-bond acceptors (Lipinski definition) is 3. The van der Waals surface area contributed by atoms with Crippen LogP contribution in [0, 0.1) is 11.7 Å². The number of halogens is 1. The minimum Gasteiger partial charge on any atom is -0.365 e. The van der Waals surface area contributed by atoms with Gasteiger partial charge in [0.15, 0.2) is 0 Å². The van der Waals surface area contributed by atoms with Crippen LogP contribution in [0.1, 0.15) is 58.1 Å². The third kappa shape index (κ3) is 8.56. The highest BCUT2D eigenvalue weighted by atomic mass is 19.1. The van der Waals surface area contributed by atoms with Crippen LogP contribution in [0.4, 0.5) is 10.1 Å². The van der Waals surface area contributed by atoms with Crippen LogP contribution in [0.5, 0.6) is 0 Å². The van der Waals surface area contributed by atoms with E-state index in [1.54, 1.807) is 12.1 Å². The van der Waals surface area contributed by atoms with E-state index in [1.165, 1.54) is 35.2 Å². The van der Waals surface area contributed by atoms with E-state index in [9.17, 15) is 4.39 Å². The van der Waals surface area contributed by atoms with Crippen molar-refractivity contribution in [2.45, 2.75) is 71.9 Å². The van der Waals surface area contributed by atoms with Crippen LogP contribution in [0.3, 0.4) is 0 Å². The third-order valence-electron chi connectivity index (χ3n) is 6.84. The third-order valence-corrected chi connectivity index (χ3v) is 6.84. The number of rotatable bonds is 11. The molecule has 0 unspecified atom stereocenters. The summed E-state index contributed by atoms with van der Waals surface area (Å²) in [6.07, 6.45) is 7.69. The van der Waals surface area contributed by atoms with Crippen molar-refractivity contribution in [3.8, 4) is 0 Å². The van der Waals surface area contributed by atoms with Crippen LogP contribution >= 0.6 is 0 Å². The van der Waals surface area contributed by atoms with Gasteiger partial charge >= 0.3 is 0 Å². The lowest BCUT2D eigenvalue weighted by Gasteiger charge is -2.40. The van der Waals surface area contributed by atoms with Crippen LogP contribution < -0.4 is 10.6 Å². The molecule has 3 rings (SSSR count). The minimum atomic E-state index is -0.172. The Morgan fingerprint density at radius 2 is 1.56 bits per heavy atom. The molecule has 0 aromatic heterocycles. The Hall–Kier alpha value is -2.17. The number of likely N-dealkylation sites (tertiary alicyclic amines) is 1. The monoisotopic (exact) mass is 465 g/mol. The Bertz CT molecular complexity index is 876. The van der Waals surface area contributed by atoms with Gasteiger partial charge in [-0.1, -0.05) is 49.8 Å². The number of nitrogens with zero attached hydrogens (tertiary/aromatic N) is 2. The van der Waals surface area contributed by atoms with Crippen molar-refractivity contribution >= 4 is 5.69 Å². The van der Waals surface area contributed by atoms with Crippen LogP contribution in [-0.4, -0.2) is 43.2 Å². The number of anilines is 1. The number of allylic oxidation sites excluding steroid dienone is 1. The molecule has 0 spiro atoms. The fraction of sp³-hybridized carbons (Fsp3) is 0.533. The molecule has 1 aliphatic heterocycles. The zero-order valence-corrected chi connectivity index (χ0v) is 21.6. The summed E-state index contributed by atoms with van der Waals surface area (Å²) in [4.78, 5) is 5.14. The first-order valence-electron chi connectivity index (χ1n) is 13.0. The molecular weight excluding hydrogens is 421 g/mol. The zero-order valence-electron chi connectivity index (χ0n) is 21.6. The van der Waals surface area contributed by atoms with Gasteiger partial charge in [0.1, 0.15) is 5.82 Å². The van der Waals surface area contributed by atoms with E-state index in [-0.39, 0.29) is 11.9 Å². The van der Waals surface area contributed by atoms with Crippen LogP contribution in [0.2, 0.25) is 0 Å². The Kier molecular flexibility index (Phi) is 10.2. The Morgan fingerprint density at radius 1 is 1.00 bits per heavy atom.